The van der Waals surface area contributed by atoms with Crippen LogP contribution in [0.25, 0.3) is 0 Å². The summed E-state index contributed by atoms with van der Waals surface area (Å²) in [6, 6.07) is 2.54. The molecule has 1 heterocycles. The van der Waals surface area contributed by atoms with Crippen LogP contribution in [0.2, 0.25) is 0 Å². The minimum atomic E-state index is 0.775. The van der Waals surface area contributed by atoms with Crippen molar-refractivity contribution in [3.63, 3.8) is 0 Å². The molecule has 2 nitrogen and oxygen atoms in total. The lowest BCUT2D eigenvalue weighted by molar-refractivity contribution is 0.254. The molecule has 3 rings (SSSR count). The minimum Gasteiger partial charge on any atom is -0.312 e. The first-order valence-electron chi connectivity index (χ1n) is 7.23. The molecule has 0 amide bonds. The second-order valence-corrected chi connectivity index (χ2v) is 6.43. The van der Waals surface area contributed by atoms with E-state index in [-0.39, 0.29) is 0 Å². The number of likely N-dealkylation sites (tertiary alicyclic amines) is 1. The zero-order chi connectivity index (χ0) is 11.1. The smallest absolute Gasteiger partial charge is 0.0210 e. The summed E-state index contributed by atoms with van der Waals surface area (Å²) in [4.78, 5) is 2.74. The Balaban J connectivity index is 1.42. The van der Waals surface area contributed by atoms with Gasteiger partial charge in [-0.05, 0) is 57.4 Å². The Morgan fingerprint density at radius 3 is 2.62 bits per heavy atom. The molecule has 0 radical (unpaired) electrons. The zero-order valence-electron chi connectivity index (χ0n) is 10.8. The van der Waals surface area contributed by atoms with Gasteiger partial charge in [-0.1, -0.05) is 6.92 Å². The van der Waals surface area contributed by atoms with E-state index in [0.717, 1.165) is 30.0 Å². The highest BCUT2D eigenvalue weighted by Crippen LogP contribution is 2.36. The average molecular weight is 222 g/mol. The number of hydrogen-bond donors (Lipinski definition) is 1. The lowest BCUT2D eigenvalue weighted by atomic mass is 10.1. The predicted molar refractivity (Wildman–Crippen MR) is 67.5 cm³/mol. The molecule has 3 atom stereocenters. The summed E-state index contributed by atoms with van der Waals surface area (Å²) >= 11 is 0. The van der Waals surface area contributed by atoms with Crippen LogP contribution in [0.5, 0.6) is 0 Å². The Kier molecular flexibility index (Phi) is 2.97. The number of nitrogens with zero attached hydrogens (tertiary/aromatic N) is 1. The number of rotatable bonds is 5. The summed E-state index contributed by atoms with van der Waals surface area (Å²) in [6.45, 7) is 7.38. The molecule has 0 aromatic rings. The Morgan fingerprint density at radius 2 is 2.00 bits per heavy atom. The Hall–Kier alpha value is -0.0800. The van der Waals surface area contributed by atoms with E-state index in [2.05, 4.69) is 24.1 Å². The van der Waals surface area contributed by atoms with E-state index in [4.69, 9.17) is 0 Å². The first-order valence-corrected chi connectivity index (χ1v) is 7.23. The molecule has 3 fully saturated rings. The highest BCUT2D eigenvalue weighted by molar-refractivity contribution is 4.96. The topological polar surface area (TPSA) is 15.3 Å². The molecule has 0 spiro atoms. The Morgan fingerprint density at radius 1 is 1.25 bits per heavy atom. The summed E-state index contributed by atoms with van der Waals surface area (Å²) in [7, 11) is 0. The fourth-order valence-electron chi connectivity index (χ4n) is 3.30. The quantitative estimate of drug-likeness (QED) is 0.767. The van der Waals surface area contributed by atoms with Gasteiger partial charge in [0, 0.05) is 24.7 Å². The monoisotopic (exact) mass is 222 g/mol. The van der Waals surface area contributed by atoms with Gasteiger partial charge in [0.25, 0.3) is 0 Å². The van der Waals surface area contributed by atoms with E-state index in [0.29, 0.717) is 0 Å². The molecule has 0 bridgehead atoms. The average Bonchev–Trinajstić information content (AvgIpc) is 3.13. The summed E-state index contributed by atoms with van der Waals surface area (Å²) < 4.78 is 0. The molecular formula is C14H26N2. The van der Waals surface area contributed by atoms with E-state index < -0.39 is 0 Å². The first-order chi connectivity index (χ1) is 7.74. The maximum atomic E-state index is 3.80. The van der Waals surface area contributed by atoms with Crippen LogP contribution in [-0.4, -0.2) is 36.1 Å². The van der Waals surface area contributed by atoms with Crippen molar-refractivity contribution in [2.24, 2.45) is 11.8 Å². The van der Waals surface area contributed by atoms with Gasteiger partial charge in [-0.15, -0.1) is 0 Å². The van der Waals surface area contributed by atoms with Crippen LogP contribution in [0.1, 0.15) is 46.0 Å². The standard InChI is InChI=1S/C14H26N2/c1-10(12-3-4-12)8-15-13-7-11(2)16(9-13)14-5-6-14/h10-15H,3-9H2,1-2H3. The van der Waals surface area contributed by atoms with Crippen LogP contribution in [-0.2, 0) is 0 Å². The highest BCUT2D eigenvalue weighted by atomic mass is 15.3. The second kappa shape index (κ2) is 4.30. The first kappa shape index (κ1) is 11.0. The Bertz CT molecular complexity index is 245. The molecule has 1 N–H and O–H groups in total. The van der Waals surface area contributed by atoms with Crippen LogP contribution >= 0.6 is 0 Å². The van der Waals surface area contributed by atoms with Crippen molar-refractivity contribution in [2.75, 3.05) is 13.1 Å². The van der Waals surface area contributed by atoms with Crippen molar-refractivity contribution < 1.29 is 0 Å². The van der Waals surface area contributed by atoms with Gasteiger partial charge >= 0.3 is 0 Å². The number of hydrogen-bond acceptors (Lipinski definition) is 2. The third kappa shape index (κ3) is 2.43. The normalized spacial score (nSPS) is 37.9. The van der Waals surface area contributed by atoms with E-state index in [9.17, 15) is 0 Å². The second-order valence-electron chi connectivity index (χ2n) is 6.43. The SMILES string of the molecule is CC(CNC1CC(C)N(C2CC2)C1)C1CC1. The maximum absolute atomic E-state index is 3.80. The lowest BCUT2D eigenvalue weighted by Gasteiger charge is -2.20. The van der Waals surface area contributed by atoms with Gasteiger partial charge in [0.05, 0.1) is 0 Å². The van der Waals surface area contributed by atoms with Crippen LogP contribution in [0.3, 0.4) is 0 Å². The molecule has 3 unspecified atom stereocenters. The molecule has 2 aliphatic carbocycles. The summed E-state index contributed by atoms with van der Waals surface area (Å²) in [5, 5.41) is 3.80. The molecule has 16 heavy (non-hydrogen) atoms. The third-order valence-corrected chi connectivity index (χ3v) is 4.79. The van der Waals surface area contributed by atoms with E-state index in [1.54, 1.807) is 0 Å². The van der Waals surface area contributed by atoms with Crippen LogP contribution in [0.4, 0.5) is 0 Å². The molecule has 92 valence electrons. The van der Waals surface area contributed by atoms with Crippen LogP contribution < -0.4 is 5.32 Å². The fraction of sp³-hybridized carbons (Fsp3) is 1.00. The van der Waals surface area contributed by atoms with Gasteiger partial charge in [0.1, 0.15) is 0 Å². The third-order valence-electron chi connectivity index (χ3n) is 4.79. The number of nitrogens with one attached hydrogen (secondary N) is 1. The van der Waals surface area contributed by atoms with Crippen LogP contribution in [0, 0.1) is 11.8 Å². The van der Waals surface area contributed by atoms with Gasteiger partial charge in [0.15, 0.2) is 0 Å². The van der Waals surface area contributed by atoms with Gasteiger partial charge in [-0.2, -0.15) is 0 Å². The predicted octanol–water partition coefficient (Wildman–Crippen LogP) is 2.25. The highest BCUT2D eigenvalue weighted by Gasteiger charge is 2.38. The molecule has 2 heteroatoms. The minimum absolute atomic E-state index is 0.775. The summed E-state index contributed by atoms with van der Waals surface area (Å²) in [5.74, 6) is 1.95. The van der Waals surface area contributed by atoms with E-state index in [1.807, 2.05) is 0 Å². The van der Waals surface area contributed by atoms with Crippen molar-refractivity contribution in [3.8, 4) is 0 Å². The van der Waals surface area contributed by atoms with Gasteiger partial charge in [-0.25, -0.2) is 0 Å². The van der Waals surface area contributed by atoms with Crippen molar-refractivity contribution >= 4 is 0 Å². The molecule has 0 aromatic carbocycles. The molecule has 1 aliphatic heterocycles. The largest absolute Gasteiger partial charge is 0.312 e. The van der Waals surface area contributed by atoms with Gasteiger partial charge in [-0.3, -0.25) is 4.90 Å². The Labute approximate surface area is 99.8 Å². The maximum Gasteiger partial charge on any atom is 0.0210 e. The molecule has 0 aromatic heterocycles. The molecule has 3 aliphatic rings. The molecule has 1 saturated heterocycles. The van der Waals surface area contributed by atoms with Crippen molar-refractivity contribution in [2.45, 2.75) is 64.1 Å². The summed E-state index contributed by atoms with van der Waals surface area (Å²) in [5.41, 5.74) is 0. The van der Waals surface area contributed by atoms with E-state index in [1.165, 1.54) is 45.2 Å². The fourth-order valence-corrected chi connectivity index (χ4v) is 3.30. The van der Waals surface area contributed by atoms with Crippen LogP contribution in [0.15, 0.2) is 0 Å². The van der Waals surface area contributed by atoms with Crippen molar-refractivity contribution in [1.82, 2.24) is 10.2 Å². The van der Waals surface area contributed by atoms with Crippen molar-refractivity contribution in [3.05, 3.63) is 0 Å². The van der Waals surface area contributed by atoms with Gasteiger partial charge in [0.2, 0.25) is 0 Å². The zero-order valence-corrected chi connectivity index (χ0v) is 10.8. The molecule has 2 saturated carbocycles. The van der Waals surface area contributed by atoms with Crippen molar-refractivity contribution in [1.29, 1.82) is 0 Å². The molecular weight excluding hydrogens is 196 g/mol. The summed E-state index contributed by atoms with van der Waals surface area (Å²) in [6.07, 6.45) is 7.25. The van der Waals surface area contributed by atoms with Gasteiger partial charge < -0.3 is 5.32 Å². The van der Waals surface area contributed by atoms with E-state index >= 15 is 0 Å². The lowest BCUT2D eigenvalue weighted by Crippen LogP contribution is -2.36.